The van der Waals surface area contributed by atoms with Crippen molar-refractivity contribution in [2.24, 2.45) is 5.41 Å². The van der Waals surface area contributed by atoms with E-state index in [-0.39, 0.29) is 0 Å². The zero-order chi connectivity index (χ0) is 12.4. The quantitative estimate of drug-likeness (QED) is 0.778. The molecule has 2 saturated carbocycles. The number of benzene rings is 1. The first kappa shape index (κ1) is 12.1. The molecule has 3 rings (SSSR count). The van der Waals surface area contributed by atoms with Crippen molar-refractivity contribution < 1.29 is 0 Å². The third-order valence-electron chi connectivity index (χ3n) is 5.22. The minimum atomic E-state index is 0.706. The second kappa shape index (κ2) is 4.95. The molecular formula is C17H25N. The zero-order valence-corrected chi connectivity index (χ0v) is 11.5. The summed E-state index contributed by atoms with van der Waals surface area (Å²) in [5, 5.41) is 3.76. The highest BCUT2D eigenvalue weighted by Crippen LogP contribution is 2.49. The highest BCUT2D eigenvalue weighted by molar-refractivity contribution is 5.50. The average Bonchev–Trinajstić information content (AvgIpc) is 2.84. The van der Waals surface area contributed by atoms with Crippen molar-refractivity contribution in [2.45, 2.75) is 64.3 Å². The number of hydrogen-bond donors (Lipinski definition) is 1. The van der Waals surface area contributed by atoms with E-state index in [0.29, 0.717) is 6.04 Å². The summed E-state index contributed by atoms with van der Waals surface area (Å²) in [6.07, 6.45) is 11.6. The molecule has 0 aromatic heterocycles. The van der Waals surface area contributed by atoms with Crippen LogP contribution in [0.2, 0.25) is 0 Å². The van der Waals surface area contributed by atoms with E-state index < -0.39 is 0 Å². The van der Waals surface area contributed by atoms with Gasteiger partial charge in [0, 0.05) is 11.7 Å². The molecule has 98 valence electrons. The number of aryl methyl sites for hydroxylation is 1. The Morgan fingerprint density at radius 2 is 1.67 bits per heavy atom. The molecule has 0 unspecified atom stereocenters. The van der Waals surface area contributed by atoms with Gasteiger partial charge in [-0.1, -0.05) is 31.0 Å². The van der Waals surface area contributed by atoms with Crippen LogP contribution in [-0.4, -0.2) is 6.04 Å². The average molecular weight is 243 g/mol. The lowest BCUT2D eigenvalue weighted by Gasteiger charge is -2.38. The van der Waals surface area contributed by atoms with E-state index in [1.54, 1.807) is 0 Å². The van der Waals surface area contributed by atoms with Crippen molar-refractivity contribution in [1.29, 1.82) is 0 Å². The van der Waals surface area contributed by atoms with Gasteiger partial charge in [0.25, 0.3) is 0 Å². The van der Waals surface area contributed by atoms with Crippen LogP contribution in [0.15, 0.2) is 24.3 Å². The summed E-state index contributed by atoms with van der Waals surface area (Å²) in [6, 6.07) is 9.38. The van der Waals surface area contributed by atoms with Crippen molar-refractivity contribution >= 4 is 5.69 Å². The van der Waals surface area contributed by atoms with E-state index in [9.17, 15) is 0 Å². The van der Waals surface area contributed by atoms with Gasteiger partial charge in [0.1, 0.15) is 0 Å². The first-order chi connectivity index (χ1) is 8.77. The monoisotopic (exact) mass is 243 g/mol. The molecule has 0 saturated heterocycles. The second-order valence-corrected chi connectivity index (χ2v) is 6.44. The maximum absolute atomic E-state index is 3.76. The Morgan fingerprint density at radius 3 is 2.33 bits per heavy atom. The Bertz CT molecular complexity index is 394. The molecule has 0 amide bonds. The third-order valence-corrected chi connectivity index (χ3v) is 5.22. The molecule has 2 fully saturated rings. The molecule has 0 radical (unpaired) electrons. The normalized spacial score (nSPS) is 23.4. The van der Waals surface area contributed by atoms with Crippen molar-refractivity contribution in [3.63, 3.8) is 0 Å². The smallest absolute Gasteiger partial charge is 0.0372 e. The first-order valence-electron chi connectivity index (χ1n) is 7.60. The Kier molecular flexibility index (Phi) is 3.32. The van der Waals surface area contributed by atoms with Crippen LogP contribution in [0.1, 0.15) is 56.9 Å². The summed E-state index contributed by atoms with van der Waals surface area (Å²) in [5.74, 6) is 0. The van der Waals surface area contributed by atoms with Crippen LogP contribution in [0.5, 0.6) is 0 Å². The van der Waals surface area contributed by atoms with Gasteiger partial charge in [0.15, 0.2) is 0 Å². The molecule has 0 atom stereocenters. The van der Waals surface area contributed by atoms with Gasteiger partial charge in [-0.25, -0.2) is 0 Å². The Balaban J connectivity index is 1.59. The highest BCUT2D eigenvalue weighted by Gasteiger charge is 2.37. The predicted octanol–water partition coefficient (Wildman–Crippen LogP) is 4.91. The van der Waals surface area contributed by atoms with E-state index in [1.165, 1.54) is 62.6 Å². The lowest BCUT2D eigenvalue weighted by Crippen LogP contribution is -2.31. The van der Waals surface area contributed by atoms with E-state index in [4.69, 9.17) is 0 Å². The fourth-order valence-corrected chi connectivity index (χ4v) is 3.95. The lowest BCUT2D eigenvalue weighted by atomic mass is 9.71. The summed E-state index contributed by atoms with van der Waals surface area (Å²) >= 11 is 0. The molecular weight excluding hydrogens is 218 g/mol. The molecule has 2 aliphatic rings. The second-order valence-electron chi connectivity index (χ2n) is 6.44. The molecule has 0 aliphatic heterocycles. The largest absolute Gasteiger partial charge is 0.382 e. The first-order valence-corrected chi connectivity index (χ1v) is 7.60. The van der Waals surface area contributed by atoms with Gasteiger partial charge in [-0.3, -0.25) is 0 Å². The van der Waals surface area contributed by atoms with Gasteiger partial charge in [-0.2, -0.15) is 0 Å². The van der Waals surface area contributed by atoms with Gasteiger partial charge in [-0.05, 0) is 62.5 Å². The Morgan fingerprint density at radius 1 is 1.00 bits per heavy atom. The van der Waals surface area contributed by atoms with Gasteiger partial charge in [0.05, 0.1) is 0 Å². The molecule has 18 heavy (non-hydrogen) atoms. The van der Waals surface area contributed by atoms with Gasteiger partial charge in [-0.15, -0.1) is 0 Å². The van der Waals surface area contributed by atoms with Gasteiger partial charge >= 0.3 is 0 Å². The Hall–Kier alpha value is -0.980. The molecule has 0 heterocycles. The van der Waals surface area contributed by atoms with E-state index in [1.807, 2.05) is 0 Å². The molecule has 1 spiro atoms. The standard InChI is InChI=1S/C17H25N/c1-14-6-2-3-7-16(14)18-15-8-12-17(13-9-15)10-4-5-11-17/h2-3,6-7,15,18H,4-5,8-13H2,1H3. The predicted molar refractivity (Wildman–Crippen MR) is 78.0 cm³/mol. The van der Waals surface area contributed by atoms with Gasteiger partial charge < -0.3 is 5.32 Å². The van der Waals surface area contributed by atoms with Crippen LogP contribution in [-0.2, 0) is 0 Å². The number of rotatable bonds is 2. The van der Waals surface area contributed by atoms with Crippen molar-refractivity contribution in [3.05, 3.63) is 29.8 Å². The lowest BCUT2D eigenvalue weighted by molar-refractivity contribution is 0.188. The molecule has 1 heteroatoms. The Labute approximate surface area is 111 Å². The molecule has 1 N–H and O–H groups in total. The van der Waals surface area contributed by atoms with Crippen LogP contribution >= 0.6 is 0 Å². The SMILES string of the molecule is Cc1ccccc1NC1CCC2(CCCC2)CC1. The number of nitrogens with one attached hydrogen (secondary N) is 1. The van der Waals surface area contributed by atoms with Crippen molar-refractivity contribution in [1.82, 2.24) is 0 Å². The van der Waals surface area contributed by atoms with E-state index in [2.05, 4.69) is 36.5 Å². The highest BCUT2D eigenvalue weighted by atomic mass is 14.9. The summed E-state index contributed by atoms with van der Waals surface area (Å²) in [4.78, 5) is 0. The van der Waals surface area contributed by atoms with Crippen LogP contribution < -0.4 is 5.32 Å². The van der Waals surface area contributed by atoms with Crippen molar-refractivity contribution in [3.8, 4) is 0 Å². The van der Waals surface area contributed by atoms with Gasteiger partial charge in [0.2, 0.25) is 0 Å². The molecule has 1 nitrogen and oxygen atoms in total. The molecule has 1 aromatic carbocycles. The molecule has 1 aromatic rings. The minimum Gasteiger partial charge on any atom is -0.382 e. The topological polar surface area (TPSA) is 12.0 Å². The van der Waals surface area contributed by atoms with Crippen LogP contribution in [0.4, 0.5) is 5.69 Å². The van der Waals surface area contributed by atoms with Crippen LogP contribution in [0.3, 0.4) is 0 Å². The summed E-state index contributed by atoms with van der Waals surface area (Å²) in [5.41, 5.74) is 3.47. The summed E-state index contributed by atoms with van der Waals surface area (Å²) < 4.78 is 0. The summed E-state index contributed by atoms with van der Waals surface area (Å²) in [7, 11) is 0. The number of para-hydroxylation sites is 1. The molecule has 2 aliphatic carbocycles. The van der Waals surface area contributed by atoms with Crippen molar-refractivity contribution in [2.75, 3.05) is 5.32 Å². The van der Waals surface area contributed by atoms with E-state index in [0.717, 1.165) is 5.41 Å². The fraction of sp³-hybridized carbons (Fsp3) is 0.647. The van der Waals surface area contributed by atoms with E-state index >= 15 is 0 Å². The fourth-order valence-electron chi connectivity index (χ4n) is 3.95. The maximum atomic E-state index is 3.76. The minimum absolute atomic E-state index is 0.706. The molecule has 0 bridgehead atoms. The van der Waals surface area contributed by atoms with Crippen LogP contribution in [0.25, 0.3) is 0 Å². The van der Waals surface area contributed by atoms with Crippen LogP contribution in [0, 0.1) is 12.3 Å². The summed E-state index contributed by atoms with van der Waals surface area (Å²) in [6.45, 7) is 2.20. The maximum Gasteiger partial charge on any atom is 0.0372 e. The third kappa shape index (κ3) is 2.41. The number of hydrogen-bond acceptors (Lipinski definition) is 1. The zero-order valence-electron chi connectivity index (χ0n) is 11.5. The number of anilines is 1.